The minimum Gasteiger partial charge on any atom is -0.381 e. The van der Waals surface area contributed by atoms with Crippen LogP contribution in [0.4, 0.5) is 22.0 Å². The van der Waals surface area contributed by atoms with Gasteiger partial charge in [-0.1, -0.05) is 31.4 Å². The maximum atomic E-state index is 14.1. The van der Waals surface area contributed by atoms with Gasteiger partial charge < -0.3 is 4.74 Å². The molecule has 9 heteroatoms. The molecular formula is C25H29N5O4. The molecule has 3 heterocycles. The number of ether oxygens (including phenoxy) is 1. The summed E-state index contributed by atoms with van der Waals surface area (Å²) in [5.74, 6) is 0.634. The Kier molecular flexibility index (Phi) is 6.28. The van der Waals surface area contributed by atoms with E-state index in [0.717, 1.165) is 48.2 Å². The lowest BCUT2D eigenvalue weighted by atomic mass is 9.82. The number of fused-ring (bicyclic) bond motifs is 1. The van der Waals surface area contributed by atoms with Crippen molar-refractivity contribution in [3.8, 4) is 0 Å². The van der Waals surface area contributed by atoms with E-state index in [2.05, 4.69) is 11.1 Å². The second kappa shape index (κ2) is 9.50. The van der Waals surface area contributed by atoms with Crippen molar-refractivity contribution in [2.24, 2.45) is 11.0 Å². The molecule has 2 aliphatic heterocycles. The van der Waals surface area contributed by atoms with Crippen LogP contribution in [0, 0.1) is 23.0 Å². The Labute approximate surface area is 198 Å². The van der Waals surface area contributed by atoms with E-state index in [1.807, 2.05) is 19.1 Å². The molecule has 1 aliphatic carbocycles. The molecule has 2 amide bonds. The highest BCUT2D eigenvalue weighted by Crippen LogP contribution is 2.38. The molecule has 2 fully saturated rings. The molecule has 3 aliphatic rings. The molecule has 0 atom stereocenters. The van der Waals surface area contributed by atoms with Gasteiger partial charge in [0.05, 0.1) is 22.4 Å². The van der Waals surface area contributed by atoms with Crippen LogP contribution in [0.2, 0.25) is 0 Å². The van der Waals surface area contributed by atoms with E-state index >= 15 is 0 Å². The average Bonchev–Trinajstić information content (AvgIpc) is 2.99. The zero-order valence-electron chi connectivity index (χ0n) is 19.4. The topological polar surface area (TPSA) is 101 Å². The molecular weight excluding hydrogens is 434 g/mol. The molecule has 178 valence electrons. The van der Waals surface area contributed by atoms with Crippen LogP contribution in [0.1, 0.15) is 56.1 Å². The monoisotopic (exact) mass is 463 g/mol. The van der Waals surface area contributed by atoms with Crippen molar-refractivity contribution in [1.29, 1.82) is 0 Å². The fraction of sp³-hybridized carbons (Fsp3) is 0.480. The molecule has 1 aromatic carbocycles. The van der Waals surface area contributed by atoms with Crippen LogP contribution < -0.4 is 4.90 Å². The first-order valence-electron chi connectivity index (χ1n) is 12.0. The summed E-state index contributed by atoms with van der Waals surface area (Å²) in [4.78, 5) is 30.7. The van der Waals surface area contributed by atoms with Gasteiger partial charge in [-0.25, -0.2) is 19.7 Å². The Balaban J connectivity index is 1.66. The molecule has 1 saturated heterocycles. The quantitative estimate of drug-likeness (QED) is 0.450. The smallest absolute Gasteiger partial charge is 0.351 e. The Bertz CT molecular complexity index is 1100. The molecule has 34 heavy (non-hydrogen) atoms. The first kappa shape index (κ1) is 22.5. The summed E-state index contributed by atoms with van der Waals surface area (Å²) >= 11 is 0. The standard InChI is InChI=1S/C25H29N5O4/c1-17-7-9-21-22(15-17)28(23-10-8-20(16-26-23)30(32)33)25(31)29(19-11-13-34-14-12-19)27-24(21)18-5-3-2-4-6-18/h7-10,15-16,18-19H,2-6,11-14H2,1H3. The van der Waals surface area contributed by atoms with Gasteiger partial charge in [0.25, 0.3) is 5.69 Å². The lowest BCUT2D eigenvalue weighted by molar-refractivity contribution is -0.385. The lowest BCUT2D eigenvalue weighted by Gasteiger charge is -2.33. The van der Waals surface area contributed by atoms with Crippen molar-refractivity contribution in [3.63, 3.8) is 0 Å². The number of carbonyl (C=O) groups is 1. The number of carbonyl (C=O) groups excluding carboxylic acids is 1. The van der Waals surface area contributed by atoms with Crippen LogP contribution in [0.5, 0.6) is 0 Å². The van der Waals surface area contributed by atoms with Gasteiger partial charge in [-0.05, 0) is 50.3 Å². The van der Waals surface area contributed by atoms with Gasteiger partial charge in [-0.2, -0.15) is 5.10 Å². The van der Waals surface area contributed by atoms with Crippen molar-refractivity contribution in [1.82, 2.24) is 9.99 Å². The molecule has 0 bridgehead atoms. The number of hydrogen-bond donors (Lipinski definition) is 0. The second-order valence-corrected chi connectivity index (χ2v) is 9.28. The van der Waals surface area contributed by atoms with Crippen molar-refractivity contribution < 1.29 is 14.5 Å². The van der Waals surface area contributed by atoms with Gasteiger partial charge in [0.1, 0.15) is 12.0 Å². The Hall–Kier alpha value is -3.33. The van der Waals surface area contributed by atoms with E-state index in [9.17, 15) is 14.9 Å². The highest BCUT2D eigenvalue weighted by Gasteiger charge is 2.38. The molecule has 9 nitrogen and oxygen atoms in total. The molecule has 1 aromatic heterocycles. The van der Waals surface area contributed by atoms with E-state index in [1.54, 1.807) is 9.91 Å². The van der Waals surface area contributed by atoms with Crippen molar-refractivity contribution in [3.05, 3.63) is 57.8 Å². The maximum Gasteiger partial charge on any atom is 0.351 e. The van der Waals surface area contributed by atoms with Crippen molar-refractivity contribution in [2.75, 3.05) is 18.1 Å². The summed E-state index contributed by atoms with van der Waals surface area (Å²) in [6.45, 7) is 3.17. The number of hydrazone groups is 1. The van der Waals surface area contributed by atoms with Crippen LogP contribution >= 0.6 is 0 Å². The van der Waals surface area contributed by atoms with Crippen LogP contribution in [-0.2, 0) is 4.74 Å². The number of nitro groups is 1. The maximum absolute atomic E-state index is 14.1. The Morgan fingerprint density at radius 2 is 1.82 bits per heavy atom. The van der Waals surface area contributed by atoms with Gasteiger partial charge in [0.2, 0.25) is 0 Å². The fourth-order valence-corrected chi connectivity index (χ4v) is 5.15. The van der Waals surface area contributed by atoms with Gasteiger partial charge in [-0.3, -0.25) is 10.1 Å². The van der Waals surface area contributed by atoms with E-state index in [4.69, 9.17) is 9.84 Å². The summed E-state index contributed by atoms with van der Waals surface area (Å²) in [7, 11) is 0. The van der Waals surface area contributed by atoms with Crippen molar-refractivity contribution >= 4 is 28.9 Å². The van der Waals surface area contributed by atoms with E-state index < -0.39 is 4.92 Å². The summed E-state index contributed by atoms with van der Waals surface area (Å²) in [6, 6.07) is 8.65. The van der Waals surface area contributed by atoms with Crippen molar-refractivity contribution in [2.45, 2.75) is 57.9 Å². The molecule has 0 radical (unpaired) electrons. The number of urea groups is 1. The number of benzene rings is 1. The number of rotatable bonds is 4. The number of aromatic nitrogens is 1. The number of pyridine rings is 1. The predicted molar refractivity (Wildman–Crippen MR) is 128 cm³/mol. The third kappa shape index (κ3) is 4.27. The molecule has 0 unspecified atom stereocenters. The van der Waals surface area contributed by atoms with Crippen LogP contribution in [0.15, 0.2) is 41.6 Å². The average molecular weight is 464 g/mol. The number of aryl methyl sites for hydroxylation is 1. The normalized spacial score (nSPS) is 20.0. The summed E-state index contributed by atoms with van der Waals surface area (Å²) in [5, 5.41) is 17.9. The zero-order chi connectivity index (χ0) is 23.7. The zero-order valence-corrected chi connectivity index (χ0v) is 19.4. The third-order valence-corrected chi connectivity index (χ3v) is 6.97. The summed E-state index contributed by atoms with van der Waals surface area (Å²) < 4.78 is 5.55. The number of anilines is 2. The Morgan fingerprint density at radius 3 is 2.50 bits per heavy atom. The Morgan fingerprint density at radius 1 is 1.06 bits per heavy atom. The molecule has 5 rings (SSSR count). The highest BCUT2D eigenvalue weighted by atomic mass is 16.6. The van der Waals surface area contributed by atoms with Crippen LogP contribution in [0.25, 0.3) is 0 Å². The molecule has 0 N–H and O–H groups in total. The van der Waals surface area contributed by atoms with Gasteiger partial charge in [0.15, 0.2) is 0 Å². The van der Waals surface area contributed by atoms with Gasteiger partial charge in [0, 0.05) is 30.8 Å². The number of hydrogen-bond acceptors (Lipinski definition) is 6. The first-order valence-corrected chi connectivity index (χ1v) is 12.0. The fourth-order valence-electron chi connectivity index (χ4n) is 5.15. The minimum atomic E-state index is -0.488. The van der Waals surface area contributed by atoms with Gasteiger partial charge >= 0.3 is 6.03 Å². The molecule has 1 saturated carbocycles. The van der Waals surface area contributed by atoms with E-state index in [0.29, 0.717) is 31.9 Å². The highest BCUT2D eigenvalue weighted by molar-refractivity contribution is 6.13. The minimum absolute atomic E-state index is 0.0733. The SMILES string of the molecule is Cc1ccc2c(c1)N(c1ccc([N+](=O)[O-])cn1)C(=O)N(C1CCOCC1)N=C2C1CCCCC1. The number of nitrogens with zero attached hydrogens (tertiary/aromatic N) is 5. The third-order valence-electron chi connectivity index (χ3n) is 6.97. The number of amides is 2. The van der Waals surface area contributed by atoms with E-state index in [-0.39, 0.29) is 23.7 Å². The first-order chi connectivity index (χ1) is 16.5. The van der Waals surface area contributed by atoms with E-state index in [1.165, 1.54) is 24.8 Å². The van der Waals surface area contributed by atoms with Crippen LogP contribution in [-0.4, -0.2) is 45.9 Å². The lowest BCUT2D eigenvalue weighted by Crippen LogP contribution is -2.45. The van der Waals surface area contributed by atoms with Gasteiger partial charge in [-0.15, -0.1) is 0 Å². The summed E-state index contributed by atoms with van der Waals surface area (Å²) in [6.07, 6.45) is 8.27. The molecule has 0 spiro atoms. The molecule has 2 aromatic rings. The summed E-state index contributed by atoms with van der Waals surface area (Å²) in [5.41, 5.74) is 3.52. The van der Waals surface area contributed by atoms with Crippen LogP contribution in [0.3, 0.4) is 0 Å². The largest absolute Gasteiger partial charge is 0.381 e. The second-order valence-electron chi connectivity index (χ2n) is 9.28. The predicted octanol–water partition coefficient (Wildman–Crippen LogP) is 5.34.